The highest BCUT2D eigenvalue weighted by Gasteiger charge is 2.08. The van der Waals surface area contributed by atoms with Crippen molar-refractivity contribution in [1.29, 1.82) is 0 Å². The summed E-state index contributed by atoms with van der Waals surface area (Å²) in [5.41, 5.74) is 2.59. The average molecular weight is 417 g/mol. The first kappa shape index (κ1) is 21.7. The molecule has 0 aliphatic rings. The van der Waals surface area contributed by atoms with E-state index in [1.54, 1.807) is 50.7 Å². The van der Waals surface area contributed by atoms with Gasteiger partial charge in [-0.05, 0) is 54.4 Å². The van der Waals surface area contributed by atoms with E-state index in [1.807, 2.05) is 31.2 Å². The Morgan fingerprint density at radius 2 is 1.90 bits per heavy atom. The molecular formula is C24H23N3O4. The molecule has 0 saturated carbocycles. The van der Waals surface area contributed by atoms with Gasteiger partial charge in [-0.1, -0.05) is 12.1 Å². The molecule has 2 aromatic carbocycles. The molecule has 0 unspecified atom stereocenters. The maximum atomic E-state index is 12.3. The molecule has 0 atom stereocenters. The van der Waals surface area contributed by atoms with Crippen molar-refractivity contribution in [3.63, 3.8) is 0 Å². The van der Waals surface area contributed by atoms with Gasteiger partial charge in [-0.25, -0.2) is 4.99 Å². The molecule has 1 aromatic heterocycles. The third kappa shape index (κ3) is 5.76. The zero-order valence-corrected chi connectivity index (χ0v) is 17.6. The predicted molar refractivity (Wildman–Crippen MR) is 118 cm³/mol. The summed E-state index contributed by atoms with van der Waals surface area (Å²) in [6.45, 7) is 1.88. The molecule has 158 valence electrons. The number of aromatic nitrogens is 1. The normalized spacial score (nSPS) is 10.7. The Morgan fingerprint density at radius 1 is 1.10 bits per heavy atom. The van der Waals surface area contributed by atoms with Crippen molar-refractivity contribution in [2.24, 2.45) is 4.99 Å². The van der Waals surface area contributed by atoms with E-state index in [4.69, 9.17) is 9.47 Å². The molecule has 0 aliphatic heterocycles. The van der Waals surface area contributed by atoms with Crippen molar-refractivity contribution in [1.82, 2.24) is 10.3 Å². The van der Waals surface area contributed by atoms with E-state index in [0.717, 1.165) is 16.9 Å². The number of aliphatic imine (C=N–C) groups is 1. The van der Waals surface area contributed by atoms with E-state index in [9.17, 15) is 9.59 Å². The van der Waals surface area contributed by atoms with E-state index >= 15 is 0 Å². The lowest BCUT2D eigenvalue weighted by atomic mass is 10.1. The summed E-state index contributed by atoms with van der Waals surface area (Å²) in [6, 6.07) is 15.9. The van der Waals surface area contributed by atoms with Crippen molar-refractivity contribution in [3.8, 4) is 17.2 Å². The molecule has 1 N–H and O–H groups in total. The summed E-state index contributed by atoms with van der Waals surface area (Å²) in [5, 5.41) is 2.53. The van der Waals surface area contributed by atoms with Crippen LogP contribution in [0.4, 0.5) is 0 Å². The van der Waals surface area contributed by atoms with Gasteiger partial charge in [0.05, 0.1) is 7.11 Å². The fourth-order valence-corrected chi connectivity index (χ4v) is 2.92. The monoisotopic (exact) mass is 417 g/mol. The number of hydrogen-bond acceptors (Lipinski definition) is 5. The Labute approximate surface area is 180 Å². The average Bonchev–Trinajstić information content (AvgIpc) is 2.79. The second-order valence-electron chi connectivity index (χ2n) is 6.71. The lowest BCUT2D eigenvalue weighted by molar-refractivity contribution is 0.0956. The molecule has 0 bridgehead atoms. The zero-order chi connectivity index (χ0) is 22.2. The van der Waals surface area contributed by atoms with Gasteiger partial charge < -0.3 is 14.8 Å². The molecule has 0 radical (unpaired) electrons. The van der Waals surface area contributed by atoms with E-state index < -0.39 is 0 Å². The topological polar surface area (TPSA) is 89.9 Å². The van der Waals surface area contributed by atoms with Crippen LogP contribution in [0.2, 0.25) is 0 Å². The number of methoxy groups -OCH3 is 1. The van der Waals surface area contributed by atoms with Crippen LogP contribution in [0.15, 0.2) is 65.8 Å². The minimum absolute atomic E-state index is 0.274. The molecule has 0 fully saturated rings. The highest BCUT2D eigenvalue weighted by Crippen LogP contribution is 2.23. The van der Waals surface area contributed by atoms with Gasteiger partial charge in [0.1, 0.15) is 22.9 Å². The van der Waals surface area contributed by atoms with Gasteiger partial charge in [0.15, 0.2) is 0 Å². The number of nitrogens with zero attached hydrogens (tertiary/aromatic N) is 2. The Kier molecular flexibility index (Phi) is 7.11. The first-order valence-corrected chi connectivity index (χ1v) is 9.66. The van der Waals surface area contributed by atoms with Crippen LogP contribution in [0.25, 0.3) is 0 Å². The summed E-state index contributed by atoms with van der Waals surface area (Å²) in [7, 11) is 3.14. The SMILES string of the molecule is CNC(=O)c1cc(Oc2cccc(CC=NC(=O)c3ccc(OC)c(C)c3)c2)ccn1. The fraction of sp³-hybridized carbons (Fsp3) is 0.167. The number of hydrogen-bond donors (Lipinski definition) is 1. The fourth-order valence-electron chi connectivity index (χ4n) is 2.92. The first-order chi connectivity index (χ1) is 15.0. The highest BCUT2D eigenvalue weighted by atomic mass is 16.5. The van der Waals surface area contributed by atoms with Crippen molar-refractivity contribution < 1.29 is 19.1 Å². The molecule has 3 rings (SSSR count). The number of benzene rings is 2. The quantitative estimate of drug-likeness (QED) is 0.587. The summed E-state index contributed by atoms with van der Waals surface area (Å²) >= 11 is 0. The number of pyridine rings is 1. The van der Waals surface area contributed by atoms with Gasteiger partial charge in [-0.2, -0.15) is 0 Å². The lowest BCUT2D eigenvalue weighted by Gasteiger charge is -2.08. The molecule has 3 aromatic rings. The molecule has 0 spiro atoms. The van der Waals surface area contributed by atoms with Crippen LogP contribution in [0.5, 0.6) is 17.2 Å². The van der Waals surface area contributed by atoms with Crippen molar-refractivity contribution in [2.45, 2.75) is 13.3 Å². The molecule has 0 aliphatic carbocycles. The number of ether oxygens (including phenoxy) is 2. The predicted octanol–water partition coefficient (Wildman–Crippen LogP) is 4.00. The molecule has 0 saturated heterocycles. The van der Waals surface area contributed by atoms with E-state index in [2.05, 4.69) is 15.3 Å². The van der Waals surface area contributed by atoms with E-state index in [-0.39, 0.29) is 17.5 Å². The maximum absolute atomic E-state index is 12.3. The second-order valence-corrected chi connectivity index (χ2v) is 6.71. The van der Waals surface area contributed by atoms with Gasteiger partial charge in [-0.15, -0.1) is 0 Å². The smallest absolute Gasteiger partial charge is 0.276 e. The largest absolute Gasteiger partial charge is 0.496 e. The summed E-state index contributed by atoms with van der Waals surface area (Å²) in [6.07, 6.45) is 3.57. The van der Waals surface area contributed by atoms with Gasteiger partial charge in [-0.3, -0.25) is 14.6 Å². The Bertz CT molecular complexity index is 1130. The summed E-state index contributed by atoms with van der Waals surface area (Å²) < 4.78 is 11.1. The molecular weight excluding hydrogens is 394 g/mol. The van der Waals surface area contributed by atoms with Crippen molar-refractivity contribution >= 4 is 18.0 Å². The third-order valence-corrected chi connectivity index (χ3v) is 4.50. The second kappa shape index (κ2) is 10.2. The number of aryl methyl sites for hydroxylation is 1. The van der Waals surface area contributed by atoms with Crippen LogP contribution in [0.3, 0.4) is 0 Å². The zero-order valence-electron chi connectivity index (χ0n) is 17.6. The molecule has 31 heavy (non-hydrogen) atoms. The number of amides is 2. The van der Waals surface area contributed by atoms with Crippen LogP contribution in [0.1, 0.15) is 32.0 Å². The summed E-state index contributed by atoms with van der Waals surface area (Å²) in [5.74, 6) is 1.25. The minimum atomic E-state index is -0.309. The number of carbonyl (C=O) groups excluding carboxylic acids is 2. The Balaban J connectivity index is 1.65. The molecule has 2 amide bonds. The van der Waals surface area contributed by atoms with Gasteiger partial charge >= 0.3 is 0 Å². The van der Waals surface area contributed by atoms with Crippen LogP contribution >= 0.6 is 0 Å². The minimum Gasteiger partial charge on any atom is -0.496 e. The summed E-state index contributed by atoms with van der Waals surface area (Å²) in [4.78, 5) is 32.1. The van der Waals surface area contributed by atoms with Gasteiger partial charge in [0, 0.05) is 37.5 Å². The standard InChI is InChI=1S/C24H23N3O4/c1-16-13-18(7-8-22(16)30-3)23(28)27-11-9-17-5-4-6-19(14-17)31-20-10-12-26-21(15-20)24(29)25-2/h4-8,10-15H,9H2,1-3H3,(H,25,29). The number of carbonyl (C=O) groups is 2. The number of rotatable bonds is 7. The van der Waals surface area contributed by atoms with Crippen LogP contribution in [-0.4, -0.2) is 37.2 Å². The molecule has 7 nitrogen and oxygen atoms in total. The maximum Gasteiger partial charge on any atom is 0.276 e. The van der Waals surface area contributed by atoms with E-state index in [1.165, 1.54) is 6.20 Å². The lowest BCUT2D eigenvalue weighted by Crippen LogP contribution is -2.18. The Hall–Kier alpha value is -4.00. The number of nitrogens with one attached hydrogen (secondary N) is 1. The molecule has 1 heterocycles. The van der Waals surface area contributed by atoms with Gasteiger partial charge in [0.25, 0.3) is 11.8 Å². The Morgan fingerprint density at radius 3 is 2.65 bits per heavy atom. The van der Waals surface area contributed by atoms with Crippen molar-refractivity contribution in [3.05, 3.63) is 83.2 Å². The molecule has 7 heteroatoms. The van der Waals surface area contributed by atoms with Crippen LogP contribution in [-0.2, 0) is 6.42 Å². The van der Waals surface area contributed by atoms with Crippen LogP contribution in [0, 0.1) is 6.92 Å². The first-order valence-electron chi connectivity index (χ1n) is 9.66. The van der Waals surface area contributed by atoms with E-state index in [0.29, 0.717) is 23.5 Å². The van der Waals surface area contributed by atoms with Gasteiger partial charge in [0.2, 0.25) is 0 Å². The van der Waals surface area contributed by atoms with Crippen LogP contribution < -0.4 is 14.8 Å². The van der Waals surface area contributed by atoms with Crippen molar-refractivity contribution in [2.75, 3.05) is 14.2 Å². The highest BCUT2D eigenvalue weighted by molar-refractivity contribution is 5.99. The third-order valence-electron chi connectivity index (χ3n) is 4.50.